The summed E-state index contributed by atoms with van der Waals surface area (Å²) in [7, 11) is 0. The van der Waals surface area contributed by atoms with Gasteiger partial charge in [0.25, 0.3) is 0 Å². The molecule has 8 rings (SSSR count). The second kappa shape index (κ2) is 14.3. The normalized spacial score (nSPS) is 12.4. The minimum Gasteiger partial charge on any atom is -0.456 e. The van der Waals surface area contributed by atoms with E-state index in [-0.39, 0.29) is 31.1 Å². The van der Waals surface area contributed by atoms with Crippen LogP contribution in [0.15, 0.2) is 132 Å². The molecule has 0 aliphatic rings. The van der Waals surface area contributed by atoms with E-state index in [9.17, 15) is 0 Å². The van der Waals surface area contributed by atoms with Crippen molar-refractivity contribution in [2.45, 2.75) is 41.0 Å². The van der Waals surface area contributed by atoms with Gasteiger partial charge in [-0.15, -0.1) is 71.3 Å². The molecule has 0 atom stereocenters. The minimum absolute atomic E-state index is 0. The van der Waals surface area contributed by atoms with Crippen LogP contribution < -0.4 is 0 Å². The van der Waals surface area contributed by atoms with Crippen LogP contribution in [0.25, 0.3) is 66.4 Å². The van der Waals surface area contributed by atoms with Crippen molar-refractivity contribution in [2.75, 3.05) is 0 Å². The van der Waals surface area contributed by atoms with E-state index in [1.807, 2.05) is 42.6 Å². The molecule has 0 aliphatic heterocycles. The molecule has 8 aromatic rings. The summed E-state index contributed by atoms with van der Waals surface area (Å²) in [5.74, 6) is 0. The SMILES string of the molecule is Cc1cnc(-c2[c-]ccc(-c3cccc4c3ccc3oc5ccccc5c34)c2)cc1CC(C)(C)C.[2H]C([2H])([2H])c1ccc(-c2[c-]cccc2)nc1.[Ir]. The quantitative estimate of drug-likeness (QED) is 0.166. The number of pyridine rings is 2. The van der Waals surface area contributed by atoms with E-state index in [0.29, 0.717) is 0 Å². The summed E-state index contributed by atoms with van der Waals surface area (Å²) in [6.07, 6.45) is 4.41. The molecule has 4 heteroatoms. The molecule has 0 fully saturated rings. The Morgan fingerprint density at radius 1 is 0.694 bits per heavy atom. The molecule has 0 unspecified atom stereocenters. The molecule has 0 spiro atoms. The molecule has 49 heavy (non-hydrogen) atoms. The fraction of sp³-hybridized carbons (Fsp3) is 0.156. The van der Waals surface area contributed by atoms with Gasteiger partial charge in [0.2, 0.25) is 0 Å². The van der Waals surface area contributed by atoms with Crippen LogP contribution in [-0.4, -0.2) is 9.97 Å². The summed E-state index contributed by atoms with van der Waals surface area (Å²) >= 11 is 0. The van der Waals surface area contributed by atoms with Crippen molar-refractivity contribution in [2.24, 2.45) is 5.41 Å². The summed E-state index contributed by atoms with van der Waals surface area (Å²) in [6, 6.07) is 44.9. The van der Waals surface area contributed by atoms with E-state index in [0.717, 1.165) is 51.1 Å². The molecule has 3 heterocycles. The second-order valence-corrected chi connectivity index (χ2v) is 13.4. The monoisotopic (exact) mass is 818 g/mol. The first kappa shape index (κ1) is 30.2. The van der Waals surface area contributed by atoms with E-state index < -0.39 is 6.85 Å². The Balaban J connectivity index is 0.000000230. The number of para-hydroxylation sites is 1. The molecule has 3 nitrogen and oxygen atoms in total. The van der Waals surface area contributed by atoms with Crippen LogP contribution >= 0.6 is 0 Å². The average Bonchev–Trinajstić information content (AvgIpc) is 3.51. The number of nitrogens with zero attached hydrogens (tertiary/aromatic N) is 2. The molecular weight excluding hydrogens is 777 g/mol. The fourth-order valence-corrected chi connectivity index (χ4v) is 6.20. The van der Waals surface area contributed by atoms with Gasteiger partial charge in [0, 0.05) is 47.4 Å². The van der Waals surface area contributed by atoms with Gasteiger partial charge in [-0.25, -0.2) is 0 Å². The van der Waals surface area contributed by atoms with Crippen molar-refractivity contribution in [3.8, 4) is 33.6 Å². The van der Waals surface area contributed by atoms with Crippen LogP contribution in [0.5, 0.6) is 0 Å². The summed E-state index contributed by atoms with van der Waals surface area (Å²) in [5, 5.41) is 4.76. The summed E-state index contributed by atoms with van der Waals surface area (Å²) in [5.41, 5.74) is 10.9. The molecule has 1 radical (unpaired) electrons. The second-order valence-electron chi connectivity index (χ2n) is 13.4. The van der Waals surface area contributed by atoms with Crippen molar-refractivity contribution in [3.05, 3.63) is 156 Å². The topological polar surface area (TPSA) is 38.9 Å². The van der Waals surface area contributed by atoms with Crippen LogP contribution in [0.1, 0.15) is 41.6 Å². The molecule has 0 N–H and O–H groups in total. The zero-order valence-electron chi connectivity index (χ0n) is 31.0. The van der Waals surface area contributed by atoms with Crippen molar-refractivity contribution in [1.29, 1.82) is 0 Å². The minimum atomic E-state index is -2.09. The smallest absolute Gasteiger partial charge is 0.136 e. The Morgan fingerprint density at radius 3 is 2.27 bits per heavy atom. The van der Waals surface area contributed by atoms with Crippen molar-refractivity contribution >= 4 is 32.7 Å². The number of furan rings is 1. The third-order valence-electron chi connectivity index (χ3n) is 8.47. The first-order valence-corrected chi connectivity index (χ1v) is 16.2. The maximum absolute atomic E-state index is 7.23. The largest absolute Gasteiger partial charge is 0.456 e. The van der Waals surface area contributed by atoms with E-state index in [1.54, 1.807) is 18.2 Å². The zero-order chi connectivity index (χ0) is 35.8. The molecule has 0 saturated carbocycles. The molecule has 0 saturated heterocycles. The van der Waals surface area contributed by atoms with Gasteiger partial charge in [0.1, 0.15) is 11.2 Å². The number of aryl methyl sites for hydroxylation is 2. The number of hydrogen-bond donors (Lipinski definition) is 0. The van der Waals surface area contributed by atoms with Crippen LogP contribution in [0.3, 0.4) is 0 Å². The average molecular weight is 818 g/mol. The molecular formula is C45H38IrN2O-2. The van der Waals surface area contributed by atoms with Gasteiger partial charge >= 0.3 is 0 Å². The van der Waals surface area contributed by atoms with Gasteiger partial charge in [0.05, 0.1) is 0 Å². The van der Waals surface area contributed by atoms with E-state index in [1.165, 1.54) is 39.0 Å². The molecule has 3 aromatic heterocycles. The molecule has 5 aromatic carbocycles. The van der Waals surface area contributed by atoms with E-state index >= 15 is 0 Å². The van der Waals surface area contributed by atoms with Gasteiger partial charge in [-0.05, 0) is 76.6 Å². The van der Waals surface area contributed by atoms with Crippen LogP contribution in [-0.2, 0) is 26.5 Å². The van der Waals surface area contributed by atoms with Gasteiger partial charge in [-0.1, -0.05) is 87.0 Å². The van der Waals surface area contributed by atoms with Crippen molar-refractivity contribution in [1.82, 2.24) is 9.97 Å². The van der Waals surface area contributed by atoms with E-state index in [2.05, 4.69) is 105 Å². The van der Waals surface area contributed by atoms with Crippen LogP contribution in [0, 0.1) is 31.3 Å². The van der Waals surface area contributed by atoms with Gasteiger partial charge < -0.3 is 14.4 Å². The van der Waals surface area contributed by atoms with E-state index in [4.69, 9.17) is 13.5 Å². The Kier molecular flexibility index (Phi) is 8.81. The fourth-order valence-electron chi connectivity index (χ4n) is 6.20. The number of rotatable bonds is 4. The number of aromatic nitrogens is 2. The third kappa shape index (κ3) is 7.42. The predicted octanol–water partition coefficient (Wildman–Crippen LogP) is 12.0. The summed E-state index contributed by atoms with van der Waals surface area (Å²) in [6.45, 7) is 6.89. The summed E-state index contributed by atoms with van der Waals surface area (Å²) < 4.78 is 27.8. The van der Waals surface area contributed by atoms with Gasteiger partial charge in [-0.2, -0.15) is 0 Å². The first-order valence-electron chi connectivity index (χ1n) is 17.7. The van der Waals surface area contributed by atoms with Gasteiger partial charge in [-0.3, -0.25) is 0 Å². The Bertz CT molecular complexity index is 2480. The molecule has 0 amide bonds. The maximum atomic E-state index is 7.23. The van der Waals surface area contributed by atoms with Crippen LogP contribution in [0.2, 0.25) is 0 Å². The zero-order valence-corrected chi connectivity index (χ0v) is 30.4. The van der Waals surface area contributed by atoms with Crippen molar-refractivity contribution < 1.29 is 28.6 Å². The van der Waals surface area contributed by atoms with Crippen molar-refractivity contribution in [3.63, 3.8) is 0 Å². The molecule has 0 bridgehead atoms. The summed E-state index contributed by atoms with van der Waals surface area (Å²) in [4.78, 5) is 8.88. The Morgan fingerprint density at radius 2 is 1.49 bits per heavy atom. The first-order chi connectivity index (χ1) is 24.4. The maximum Gasteiger partial charge on any atom is 0.136 e. The third-order valence-corrected chi connectivity index (χ3v) is 8.47. The number of benzene rings is 5. The number of fused-ring (bicyclic) bond motifs is 5. The number of hydrogen-bond acceptors (Lipinski definition) is 3. The molecule has 245 valence electrons. The van der Waals surface area contributed by atoms with Gasteiger partial charge in [0.15, 0.2) is 0 Å². The Hall–Kier alpha value is -4.89. The predicted molar refractivity (Wildman–Crippen MR) is 200 cm³/mol. The molecule has 0 aliphatic carbocycles. The van der Waals surface area contributed by atoms with Crippen LogP contribution in [0.4, 0.5) is 0 Å². The standard InChI is InChI=1S/C33H28NO.C12H10N.Ir/c1-21-20-34-29(18-24(21)19-33(2,3)4)23-10-7-9-22(17-23)25-12-8-13-27-26(25)15-16-31-32(27)28-11-5-6-14-30(28)35-31;1-10-7-8-12(13-9-10)11-5-3-2-4-6-11;/h5-9,11-18,20H,19H2,1-4H3;2-5,7-9H,1H3;/q2*-1;/i;1D3;. The Labute approximate surface area is 306 Å².